The predicted molar refractivity (Wildman–Crippen MR) is 88.5 cm³/mol. The van der Waals surface area contributed by atoms with Crippen LogP contribution in [0.2, 0.25) is 0 Å². The lowest BCUT2D eigenvalue weighted by Crippen LogP contribution is -2.23. The molecule has 0 radical (unpaired) electrons. The zero-order valence-electron chi connectivity index (χ0n) is 11.4. The van der Waals surface area contributed by atoms with E-state index in [1.54, 1.807) is 6.07 Å². The summed E-state index contributed by atoms with van der Waals surface area (Å²) < 4.78 is 15.8. The largest absolute Gasteiger partial charge is 0.306 e. The van der Waals surface area contributed by atoms with Crippen molar-refractivity contribution in [3.8, 4) is 0 Å². The standard InChI is InChI=1S/C16H16Br2FN/c1-3-20-16(11-8-7-10(2)9-14(11)18)12-5-4-6-13(17)15(12)19/h4-9,16,20H,3H2,1-2H3. The number of hydrogen-bond donors (Lipinski definition) is 1. The van der Waals surface area contributed by atoms with Crippen LogP contribution in [0.5, 0.6) is 0 Å². The Labute approximate surface area is 135 Å². The molecule has 0 aliphatic heterocycles. The van der Waals surface area contributed by atoms with Crippen molar-refractivity contribution in [1.29, 1.82) is 0 Å². The molecule has 1 atom stereocenters. The van der Waals surface area contributed by atoms with E-state index in [1.165, 1.54) is 5.56 Å². The Hall–Kier alpha value is -0.710. The molecule has 2 aromatic carbocycles. The van der Waals surface area contributed by atoms with Gasteiger partial charge in [-0.1, -0.05) is 47.1 Å². The van der Waals surface area contributed by atoms with Gasteiger partial charge in [0.25, 0.3) is 0 Å². The van der Waals surface area contributed by atoms with E-state index in [4.69, 9.17) is 0 Å². The Bertz CT molecular complexity index is 613. The molecule has 2 aromatic rings. The molecule has 4 heteroatoms. The summed E-state index contributed by atoms with van der Waals surface area (Å²) in [6, 6.07) is 11.3. The maximum absolute atomic E-state index is 14.4. The lowest BCUT2D eigenvalue weighted by atomic mass is 9.97. The van der Waals surface area contributed by atoms with Gasteiger partial charge in [0, 0.05) is 10.0 Å². The van der Waals surface area contributed by atoms with Crippen molar-refractivity contribution in [2.75, 3.05) is 6.54 Å². The van der Waals surface area contributed by atoms with E-state index >= 15 is 0 Å². The van der Waals surface area contributed by atoms with Gasteiger partial charge in [0.15, 0.2) is 0 Å². The lowest BCUT2D eigenvalue weighted by molar-refractivity contribution is 0.554. The molecule has 0 saturated carbocycles. The third-order valence-electron chi connectivity index (χ3n) is 3.17. The smallest absolute Gasteiger partial charge is 0.142 e. The van der Waals surface area contributed by atoms with Gasteiger partial charge >= 0.3 is 0 Å². The van der Waals surface area contributed by atoms with Gasteiger partial charge in [-0.15, -0.1) is 0 Å². The van der Waals surface area contributed by atoms with Crippen LogP contribution in [0, 0.1) is 12.7 Å². The molecule has 0 aliphatic rings. The Morgan fingerprint density at radius 2 is 1.85 bits per heavy atom. The van der Waals surface area contributed by atoms with Gasteiger partial charge in [-0.25, -0.2) is 4.39 Å². The van der Waals surface area contributed by atoms with Gasteiger partial charge in [0.2, 0.25) is 0 Å². The zero-order valence-corrected chi connectivity index (χ0v) is 14.6. The number of nitrogens with one attached hydrogen (secondary N) is 1. The highest BCUT2D eigenvalue weighted by Gasteiger charge is 2.20. The minimum Gasteiger partial charge on any atom is -0.306 e. The molecule has 1 nitrogen and oxygen atoms in total. The molecule has 106 valence electrons. The molecule has 0 bridgehead atoms. The molecule has 1 unspecified atom stereocenters. The third-order valence-corrected chi connectivity index (χ3v) is 4.47. The second kappa shape index (κ2) is 6.83. The quantitative estimate of drug-likeness (QED) is 0.728. The number of rotatable bonds is 4. The van der Waals surface area contributed by atoms with Gasteiger partial charge in [0.1, 0.15) is 5.82 Å². The number of aryl methyl sites for hydroxylation is 1. The van der Waals surface area contributed by atoms with Crippen molar-refractivity contribution < 1.29 is 4.39 Å². The van der Waals surface area contributed by atoms with Gasteiger partial charge < -0.3 is 5.32 Å². The summed E-state index contributed by atoms with van der Waals surface area (Å²) in [7, 11) is 0. The number of halogens is 3. The van der Waals surface area contributed by atoms with Crippen LogP contribution < -0.4 is 5.32 Å². The number of hydrogen-bond acceptors (Lipinski definition) is 1. The number of benzene rings is 2. The summed E-state index contributed by atoms with van der Waals surface area (Å²) >= 11 is 6.84. The second-order valence-corrected chi connectivity index (χ2v) is 6.37. The fourth-order valence-corrected chi connectivity index (χ4v) is 3.30. The summed E-state index contributed by atoms with van der Waals surface area (Å²) in [5.74, 6) is -0.217. The van der Waals surface area contributed by atoms with Crippen molar-refractivity contribution in [3.63, 3.8) is 0 Å². The van der Waals surface area contributed by atoms with Crippen LogP contribution in [0.1, 0.15) is 29.7 Å². The Balaban J connectivity index is 2.53. The fourth-order valence-electron chi connectivity index (χ4n) is 2.20. The molecule has 0 heterocycles. The fraction of sp³-hybridized carbons (Fsp3) is 0.250. The molecule has 2 rings (SSSR count). The van der Waals surface area contributed by atoms with E-state index in [9.17, 15) is 4.39 Å². The van der Waals surface area contributed by atoms with Crippen LogP contribution in [0.4, 0.5) is 4.39 Å². The van der Waals surface area contributed by atoms with Crippen LogP contribution in [0.3, 0.4) is 0 Å². The van der Waals surface area contributed by atoms with Crippen LogP contribution in [0.25, 0.3) is 0 Å². The molecule has 0 fully saturated rings. The van der Waals surface area contributed by atoms with Gasteiger partial charge in [-0.3, -0.25) is 0 Å². The van der Waals surface area contributed by atoms with Crippen LogP contribution in [-0.2, 0) is 0 Å². The third kappa shape index (κ3) is 3.30. The SMILES string of the molecule is CCNC(c1ccc(C)cc1Br)c1cccc(Br)c1F. The molecular weight excluding hydrogens is 385 g/mol. The summed E-state index contributed by atoms with van der Waals surface area (Å²) in [4.78, 5) is 0. The van der Waals surface area contributed by atoms with Crippen molar-refractivity contribution in [2.24, 2.45) is 0 Å². The summed E-state index contributed by atoms with van der Waals surface area (Å²) in [6.45, 7) is 4.82. The topological polar surface area (TPSA) is 12.0 Å². The molecule has 0 saturated heterocycles. The van der Waals surface area contributed by atoms with E-state index in [1.807, 2.05) is 38.1 Å². The first-order valence-corrected chi connectivity index (χ1v) is 8.06. The van der Waals surface area contributed by atoms with Gasteiger partial charge in [0.05, 0.1) is 10.5 Å². The molecular formula is C16H16Br2FN. The van der Waals surface area contributed by atoms with Gasteiger partial charge in [-0.2, -0.15) is 0 Å². The first-order valence-electron chi connectivity index (χ1n) is 6.48. The van der Waals surface area contributed by atoms with E-state index in [-0.39, 0.29) is 11.9 Å². The molecule has 0 aliphatic carbocycles. The zero-order chi connectivity index (χ0) is 14.7. The Morgan fingerprint density at radius 1 is 1.10 bits per heavy atom. The summed E-state index contributed by atoms with van der Waals surface area (Å²) in [6.07, 6.45) is 0. The highest BCUT2D eigenvalue weighted by molar-refractivity contribution is 9.10. The highest BCUT2D eigenvalue weighted by Crippen LogP contribution is 2.32. The average Bonchev–Trinajstić information content (AvgIpc) is 2.40. The van der Waals surface area contributed by atoms with Crippen LogP contribution in [-0.4, -0.2) is 6.54 Å². The van der Waals surface area contributed by atoms with Crippen molar-refractivity contribution in [3.05, 3.63) is 67.9 Å². The maximum atomic E-state index is 14.4. The van der Waals surface area contributed by atoms with E-state index in [0.717, 1.165) is 16.6 Å². The minimum atomic E-state index is -0.217. The molecule has 0 aromatic heterocycles. The first kappa shape index (κ1) is 15.7. The molecule has 1 N–H and O–H groups in total. The molecule has 0 amide bonds. The Kier molecular flexibility index (Phi) is 5.35. The maximum Gasteiger partial charge on any atom is 0.142 e. The monoisotopic (exact) mass is 399 g/mol. The lowest BCUT2D eigenvalue weighted by Gasteiger charge is -2.21. The van der Waals surface area contributed by atoms with Crippen molar-refractivity contribution >= 4 is 31.9 Å². The van der Waals surface area contributed by atoms with Gasteiger partial charge in [-0.05, 0) is 52.7 Å². The second-order valence-electron chi connectivity index (χ2n) is 4.66. The predicted octanol–water partition coefficient (Wildman–Crippen LogP) is 5.36. The first-order chi connectivity index (χ1) is 9.54. The van der Waals surface area contributed by atoms with E-state index < -0.39 is 0 Å². The van der Waals surface area contributed by atoms with E-state index in [0.29, 0.717) is 10.0 Å². The molecule has 20 heavy (non-hydrogen) atoms. The molecule has 0 spiro atoms. The van der Waals surface area contributed by atoms with Crippen molar-refractivity contribution in [1.82, 2.24) is 5.32 Å². The van der Waals surface area contributed by atoms with Crippen LogP contribution in [0.15, 0.2) is 45.3 Å². The van der Waals surface area contributed by atoms with Crippen molar-refractivity contribution in [2.45, 2.75) is 19.9 Å². The minimum absolute atomic E-state index is 0.174. The summed E-state index contributed by atoms with van der Waals surface area (Å²) in [5, 5.41) is 3.35. The normalized spacial score (nSPS) is 12.4. The van der Waals surface area contributed by atoms with Crippen LogP contribution >= 0.6 is 31.9 Å². The summed E-state index contributed by atoms with van der Waals surface area (Å²) in [5.41, 5.74) is 2.85. The van der Waals surface area contributed by atoms with E-state index in [2.05, 4.69) is 43.2 Å². The average molecular weight is 401 g/mol. The Morgan fingerprint density at radius 3 is 2.50 bits per heavy atom. The highest BCUT2D eigenvalue weighted by atomic mass is 79.9.